The van der Waals surface area contributed by atoms with Crippen molar-refractivity contribution in [2.75, 3.05) is 18.0 Å². The van der Waals surface area contributed by atoms with Crippen molar-refractivity contribution in [2.24, 2.45) is 0 Å². The molecule has 0 atom stereocenters. The average molecular weight is 274 g/mol. The molecule has 0 saturated carbocycles. The smallest absolute Gasteiger partial charge is 0.203 e. The molecule has 5 heteroatoms. The number of furan rings is 1. The van der Waals surface area contributed by atoms with Gasteiger partial charge in [0.25, 0.3) is 0 Å². The summed E-state index contributed by atoms with van der Waals surface area (Å²) in [6, 6.07) is 8.01. The molecular formula is C12H13Cl2NO2. The van der Waals surface area contributed by atoms with Crippen molar-refractivity contribution in [1.29, 1.82) is 0 Å². The van der Waals surface area contributed by atoms with Gasteiger partial charge in [-0.15, -0.1) is 24.8 Å². The van der Waals surface area contributed by atoms with Gasteiger partial charge in [-0.05, 0) is 6.07 Å². The number of Topliss-reactive ketones (excluding diaryl/α,β-unsaturated/α-hetero) is 1. The maximum absolute atomic E-state index is 11.2. The Labute approximate surface area is 112 Å². The zero-order valence-corrected chi connectivity index (χ0v) is 10.7. The molecule has 0 spiro atoms. The van der Waals surface area contributed by atoms with Crippen molar-refractivity contribution < 1.29 is 9.21 Å². The number of halogens is 2. The van der Waals surface area contributed by atoms with Crippen LogP contribution in [-0.4, -0.2) is 18.9 Å². The Bertz CT molecular complexity index is 524. The van der Waals surface area contributed by atoms with Crippen LogP contribution in [-0.2, 0) is 4.79 Å². The summed E-state index contributed by atoms with van der Waals surface area (Å²) in [5.41, 5.74) is 0. The minimum atomic E-state index is 0. The van der Waals surface area contributed by atoms with Crippen molar-refractivity contribution in [3.63, 3.8) is 0 Å². The van der Waals surface area contributed by atoms with Gasteiger partial charge in [0.2, 0.25) is 5.88 Å². The van der Waals surface area contributed by atoms with E-state index < -0.39 is 0 Å². The number of carbonyl (C=O) groups excluding carboxylic acids is 1. The molecule has 3 rings (SSSR count). The van der Waals surface area contributed by atoms with Crippen molar-refractivity contribution in [3.05, 3.63) is 30.5 Å². The first-order valence-electron chi connectivity index (χ1n) is 5.07. The highest BCUT2D eigenvalue weighted by atomic mass is 35.5. The van der Waals surface area contributed by atoms with Crippen molar-refractivity contribution in [1.82, 2.24) is 0 Å². The SMILES string of the molecule is Cl.Cl.O=C1CCN(c2occ3ccccc23)C1. The molecule has 1 aliphatic rings. The summed E-state index contributed by atoms with van der Waals surface area (Å²) in [7, 11) is 0. The third-order valence-corrected chi connectivity index (χ3v) is 2.80. The molecule has 0 radical (unpaired) electrons. The van der Waals surface area contributed by atoms with Gasteiger partial charge in [0.05, 0.1) is 6.54 Å². The predicted octanol–water partition coefficient (Wildman–Crippen LogP) is 3.06. The molecule has 1 saturated heterocycles. The van der Waals surface area contributed by atoms with Crippen LogP contribution in [0.3, 0.4) is 0 Å². The Morgan fingerprint density at radius 2 is 1.94 bits per heavy atom. The second-order valence-electron chi connectivity index (χ2n) is 3.84. The van der Waals surface area contributed by atoms with Gasteiger partial charge in [-0.1, -0.05) is 18.2 Å². The summed E-state index contributed by atoms with van der Waals surface area (Å²) in [4.78, 5) is 13.2. The highest BCUT2D eigenvalue weighted by molar-refractivity contribution is 5.95. The second-order valence-corrected chi connectivity index (χ2v) is 3.84. The molecule has 1 aliphatic heterocycles. The van der Waals surface area contributed by atoms with Gasteiger partial charge in [0.15, 0.2) is 5.78 Å². The Balaban J connectivity index is 0.000000722. The number of fused-ring (bicyclic) bond motifs is 1. The van der Waals surface area contributed by atoms with Gasteiger partial charge < -0.3 is 9.32 Å². The van der Waals surface area contributed by atoms with E-state index in [0.717, 1.165) is 23.2 Å². The fraction of sp³-hybridized carbons (Fsp3) is 0.250. The van der Waals surface area contributed by atoms with E-state index in [1.54, 1.807) is 6.26 Å². The minimum Gasteiger partial charge on any atom is -0.447 e. The van der Waals surface area contributed by atoms with Crippen LogP contribution in [0.2, 0.25) is 0 Å². The molecule has 0 amide bonds. The molecule has 1 aromatic heterocycles. The van der Waals surface area contributed by atoms with Gasteiger partial charge in [-0.25, -0.2) is 0 Å². The molecule has 3 nitrogen and oxygen atoms in total. The fourth-order valence-corrected chi connectivity index (χ4v) is 2.03. The Hall–Kier alpha value is -1.19. The van der Waals surface area contributed by atoms with Crippen LogP contribution < -0.4 is 4.90 Å². The van der Waals surface area contributed by atoms with Crippen molar-refractivity contribution in [2.45, 2.75) is 6.42 Å². The van der Waals surface area contributed by atoms with Crippen LogP contribution in [0.5, 0.6) is 0 Å². The minimum absolute atomic E-state index is 0. The maximum atomic E-state index is 11.2. The third-order valence-electron chi connectivity index (χ3n) is 2.80. The molecule has 1 fully saturated rings. The Morgan fingerprint density at radius 3 is 2.65 bits per heavy atom. The topological polar surface area (TPSA) is 33.5 Å². The fourth-order valence-electron chi connectivity index (χ4n) is 2.03. The molecule has 0 N–H and O–H groups in total. The number of hydrogen-bond acceptors (Lipinski definition) is 3. The van der Waals surface area contributed by atoms with E-state index in [4.69, 9.17) is 4.42 Å². The zero-order chi connectivity index (χ0) is 10.3. The van der Waals surface area contributed by atoms with Gasteiger partial charge >= 0.3 is 0 Å². The first-order chi connectivity index (χ1) is 7.34. The quantitative estimate of drug-likeness (QED) is 0.801. The number of nitrogens with zero attached hydrogens (tertiary/aromatic N) is 1. The van der Waals surface area contributed by atoms with Crippen LogP contribution in [0, 0.1) is 0 Å². The largest absolute Gasteiger partial charge is 0.447 e. The highest BCUT2D eigenvalue weighted by Gasteiger charge is 2.23. The maximum Gasteiger partial charge on any atom is 0.203 e. The normalized spacial score (nSPS) is 14.6. The van der Waals surface area contributed by atoms with Crippen LogP contribution in [0.4, 0.5) is 5.88 Å². The Morgan fingerprint density at radius 1 is 1.18 bits per heavy atom. The lowest BCUT2D eigenvalue weighted by molar-refractivity contribution is -0.116. The number of anilines is 1. The standard InChI is InChI=1S/C12H11NO2.2ClH/c14-10-5-6-13(7-10)12-11-4-2-1-3-9(11)8-15-12;;/h1-4,8H,5-7H2;2*1H. The summed E-state index contributed by atoms with van der Waals surface area (Å²) < 4.78 is 5.52. The monoisotopic (exact) mass is 273 g/mol. The van der Waals surface area contributed by atoms with Crippen LogP contribution >= 0.6 is 24.8 Å². The Kier molecular flexibility index (Phi) is 4.43. The van der Waals surface area contributed by atoms with E-state index in [1.807, 2.05) is 29.2 Å². The number of benzene rings is 1. The first kappa shape index (κ1) is 13.9. The number of hydrogen-bond donors (Lipinski definition) is 0. The molecule has 0 bridgehead atoms. The highest BCUT2D eigenvalue weighted by Crippen LogP contribution is 2.30. The lowest BCUT2D eigenvalue weighted by Crippen LogP contribution is -2.18. The van der Waals surface area contributed by atoms with Crippen LogP contribution in [0.25, 0.3) is 10.8 Å². The predicted molar refractivity (Wildman–Crippen MR) is 72.5 cm³/mol. The van der Waals surface area contributed by atoms with Gasteiger partial charge in [-0.3, -0.25) is 4.79 Å². The lowest BCUT2D eigenvalue weighted by Gasteiger charge is -2.12. The van der Waals surface area contributed by atoms with Crippen LogP contribution in [0.1, 0.15) is 6.42 Å². The molecular weight excluding hydrogens is 261 g/mol. The molecule has 0 aliphatic carbocycles. The summed E-state index contributed by atoms with van der Waals surface area (Å²) in [5.74, 6) is 1.12. The van der Waals surface area contributed by atoms with E-state index in [2.05, 4.69) is 0 Å². The van der Waals surface area contributed by atoms with Gasteiger partial charge in [-0.2, -0.15) is 0 Å². The zero-order valence-electron chi connectivity index (χ0n) is 9.09. The second kappa shape index (κ2) is 5.43. The first-order valence-corrected chi connectivity index (χ1v) is 5.07. The van der Waals surface area contributed by atoms with E-state index >= 15 is 0 Å². The van der Waals surface area contributed by atoms with Gasteiger partial charge in [0.1, 0.15) is 6.26 Å². The van der Waals surface area contributed by atoms with Crippen molar-refractivity contribution >= 4 is 47.3 Å². The van der Waals surface area contributed by atoms with E-state index in [9.17, 15) is 4.79 Å². The summed E-state index contributed by atoms with van der Waals surface area (Å²) >= 11 is 0. The summed E-state index contributed by atoms with van der Waals surface area (Å²) in [6.07, 6.45) is 2.38. The number of rotatable bonds is 1. The molecule has 2 heterocycles. The molecule has 0 unspecified atom stereocenters. The van der Waals surface area contributed by atoms with Crippen molar-refractivity contribution in [3.8, 4) is 0 Å². The third kappa shape index (κ3) is 2.40. The number of ketones is 1. The van der Waals surface area contributed by atoms with E-state index in [1.165, 1.54) is 0 Å². The molecule has 17 heavy (non-hydrogen) atoms. The average Bonchev–Trinajstić information content (AvgIpc) is 2.83. The van der Waals surface area contributed by atoms with E-state index in [-0.39, 0.29) is 30.6 Å². The van der Waals surface area contributed by atoms with Crippen LogP contribution in [0.15, 0.2) is 34.9 Å². The molecule has 92 valence electrons. The molecule has 2 aromatic rings. The van der Waals surface area contributed by atoms with Gasteiger partial charge in [0, 0.05) is 23.7 Å². The number of carbonyl (C=O) groups is 1. The lowest BCUT2D eigenvalue weighted by atomic mass is 10.2. The summed E-state index contributed by atoms with van der Waals surface area (Å²) in [6.45, 7) is 1.26. The summed E-state index contributed by atoms with van der Waals surface area (Å²) in [5, 5.41) is 2.18. The molecule has 1 aromatic carbocycles. The van der Waals surface area contributed by atoms with E-state index in [0.29, 0.717) is 13.0 Å².